The van der Waals surface area contributed by atoms with Gasteiger partial charge in [0, 0.05) is 23.4 Å². The monoisotopic (exact) mass is 323 g/mol. The first-order valence-corrected chi connectivity index (χ1v) is 8.20. The fourth-order valence-electron chi connectivity index (χ4n) is 1.56. The minimum Gasteiger partial charge on any atom is -0.458 e. The molecule has 2 rings (SSSR count). The summed E-state index contributed by atoms with van der Waals surface area (Å²) < 4.78 is 9.65. The molecular weight excluding hydrogens is 306 g/mol. The Morgan fingerprint density at radius 2 is 2.29 bits per heavy atom. The summed E-state index contributed by atoms with van der Waals surface area (Å²) in [6, 6.07) is 1.29. The maximum absolute atomic E-state index is 12.3. The second-order valence-corrected chi connectivity index (χ2v) is 6.98. The lowest BCUT2D eigenvalue weighted by Gasteiger charge is -2.22. The number of hydrogen-bond donors (Lipinski definition) is 0. The van der Waals surface area contributed by atoms with E-state index in [-0.39, 0.29) is 5.97 Å². The van der Waals surface area contributed by atoms with E-state index >= 15 is 0 Å². The van der Waals surface area contributed by atoms with Crippen LogP contribution in [-0.2, 0) is 16.0 Å². The number of aliphatic imine (C=N–C) groups is 1. The summed E-state index contributed by atoms with van der Waals surface area (Å²) in [6.07, 6.45) is 3.75. The van der Waals surface area contributed by atoms with Gasteiger partial charge in [0.1, 0.15) is 10.6 Å². The van der Waals surface area contributed by atoms with Gasteiger partial charge in [0.05, 0.1) is 11.9 Å². The topological polar surface area (TPSA) is 64.4 Å². The number of carbonyl (C=O) groups excluding carboxylic acids is 1. The summed E-state index contributed by atoms with van der Waals surface area (Å²) in [4.78, 5) is 20.7. The Kier molecular flexibility index (Phi) is 5.19. The lowest BCUT2D eigenvalue weighted by atomic mass is 10.1. The Morgan fingerprint density at radius 1 is 1.48 bits per heavy atom. The quantitative estimate of drug-likeness (QED) is 0.627. The molecule has 0 spiro atoms. The van der Waals surface area contributed by atoms with Crippen molar-refractivity contribution in [2.75, 3.05) is 0 Å². The van der Waals surface area contributed by atoms with Gasteiger partial charge in [-0.1, -0.05) is 0 Å². The molecule has 0 aliphatic heterocycles. The van der Waals surface area contributed by atoms with Crippen molar-refractivity contribution in [2.24, 2.45) is 4.99 Å². The third kappa shape index (κ3) is 5.35. The molecule has 0 saturated carbocycles. The molecule has 7 heteroatoms. The minimum atomic E-state index is -0.602. The van der Waals surface area contributed by atoms with Gasteiger partial charge in [-0.25, -0.2) is 9.78 Å². The van der Waals surface area contributed by atoms with Crippen LogP contribution < -0.4 is 0 Å². The van der Waals surface area contributed by atoms with Gasteiger partial charge < -0.3 is 4.74 Å². The maximum Gasteiger partial charge on any atom is 0.331 e. The van der Waals surface area contributed by atoms with E-state index < -0.39 is 11.6 Å². The molecule has 2 aromatic heterocycles. The maximum atomic E-state index is 12.3. The molecule has 0 N–H and O–H groups in total. The van der Waals surface area contributed by atoms with Crippen LogP contribution in [0.1, 0.15) is 31.5 Å². The highest BCUT2D eigenvalue weighted by Crippen LogP contribution is 2.14. The zero-order valence-electron chi connectivity index (χ0n) is 12.1. The first kappa shape index (κ1) is 15.8. The van der Waals surface area contributed by atoms with E-state index in [9.17, 15) is 4.79 Å². The molecular formula is C14H17N3O2S2. The molecule has 112 valence electrons. The summed E-state index contributed by atoms with van der Waals surface area (Å²) in [6.45, 7) is 5.53. The van der Waals surface area contributed by atoms with Crippen LogP contribution in [0, 0.1) is 0 Å². The number of carbonyl (C=O) groups is 1. The van der Waals surface area contributed by atoms with Crippen molar-refractivity contribution >= 4 is 35.1 Å². The molecule has 2 heterocycles. The van der Waals surface area contributed by atoms with Crippen molar-refractivity contribution in [1.82, 2.24) is 9.36 Å². The molecule has 5 nitrogen and oxygen atoms in total. The van der Waals surface area contributed by atoms with Crippen molar-refractivity contribution in [2.45, 2.75) is 38.8 Å². The Labute approximate surface area is 131 Å². The van der Waals surface area contributed by atoms with Gasteiger partial charge in [0.25, 0.3) is 0 Å². The first-order valence-electron chi connectivity index (χ1n) is 6.49. The van der Waals surface area contributed by atoms with Crippen molar-refractivity contribution in [3.05, 3.63) is 33.7 Å². The normalized spacial score (nSPS) is 13.5. The molecule has 0 fully saturated rings. The van der Waals surface area contributed by atoms with Gasteiger partial charge >= 0.3 is 5.97 Å². The molecule has 21 heavy (non-hydrogen) atoms. The van der Waals surface area contributed by atoms with Gasteiger partial charge in [-0.2, -0.15) is 4.37 Å². The molecule has 2 aromatic rings. The van der Waals surface area contributed by atoms with Crippen molar-refractivity contribution in [3.63, 3.8) is 0 Å². The van der Waals surface area contributed by atoms with Crippen LogP contribution in [0.2, 0.25) is 0 Å². The largest absolute Gasteiger partial charge is 0.458 e. The summed E-state index contributed by atoms with van der Waals surface area (Å²) >= 11 is 2.83. The predicted molar refractivity (Wildman–Crippen MR) is 85.2 cm³/mol. The van der Waals surface area contributed by atoms with Crippen LogP contribution >= 0.6 is 22.9 Å². The average Bonchev–Trinajstić information content (AvgIpc) is 3.05. The highest BCUT2D eigenvalue weighted by atomic mass is 32.1. The Morgan fingerprint density at radius 3 is 2.86 bits per heavy atom. The number of hydrogen-bond acceptors (Lipinski definition) is 7. The summed E-state index contributed by atoms with van der Waals surface area (Å²) in [5, 5.41) is 4.51. The molecule has 0 aliphatic rings. The smallest absolute Gasteiger partial charge is 0.331 e. The van der Waals surface area contributed by atoms with Crippen molar-refractivity contribution < 1.29 is 9.53 Å². The lowest BCUT2D eigenvalue weighted by molar-refractivity contribution is -0.156. The molecule has 0 bridgehead atoms. The lowest BCUT2D eigenvalue weighted by Crippen LogP contribution is -2.32. The molecule has 1 unspecified atom stereocenters. The highest BCUT2D eigenvalue weighted by molar-refractivity contribution is 7.11. The summed E-state index contributed by atoms with van der Waals surface area (Å²) in [5.41, 5.74) is 0.306. The molecule has 0 radical (unpaired) electrons. The zero-order valence-corrected chi connectivity index (χ0v) is 13.8. The minimum absolute atomic E-state index is 0.344. The van der Waals surface area contributed by atoms with E-state index in [1.165, 1.54) is 22.9 Å². The van der Waals surface area contributed by atoms with Crippen molar-refractivity contribution in [3.8, 4) is 0 Å². The highest BCUT2D eigenvalue weighted by Gasteiger charge is 2.25. The number of thiazole rings is 1. The van der Waals surface area contributed by atoms with E-state index in [2.05, 4.69) is 14.3 Å². The second-order valence-electron chi connectivity index (χ2n) is 5.39. The van der Waals surface area contributed by atoms with Gasteiger partial charge in [0.2, 0.25) is 0 Å². The first-order chi connectivity index (χ1) is 9.94. The zero-order chi connectivity index (χ0) is 15.3. The van der Waals surface area contributed by atoms with Crippen molar-refractivity contribution in [1.29, 1.82) is 0 Å². The van der Waals surface area contributed by atoms with Crippen LogP contribution in [0.25, 0.3) is 0 Å². The number of esters is 1. The Bertz CT molecular complexity index is 586. The molecule has 0 aromatic carbocycles. The molecule has 1 atom stereocenters. The summed E-state index contributed by atoms with van der Waals surface area (Å²) in [5.74, 6) is -0.344. The average molecular weight is 323 g/mol. The fraction of sp³-hybridized carbons (Fsp3) is 0.429. The summed E-state index contributed by atoms with van der Waals surface area (Å²) in [7, 11) is 0. The van der Waals surface area contributed by atoms with Crippen LogP contribution in [0.3, 0.4) is 0 Å². The van der Waals surface area contributed by atoms with Crippen LogP contribution in [0.15, 0.2) is 28.0 Å². The van der Waals surface area contributed by atoms with Crippen LogP contribution in [-0.4, -0.2) is 33.2 Å². The molecule has 0 aliphatic carbocycles. The van der Waals surface area contributed by atoms with E-state index in [4.69, 9.17) is 4.74 Å². The van der Waals surface area contributed by atoms with E-state index in [0.29, 0.717) is 6.42 Å². The predicted octanol–water partition coefficient (Wildman–Crippen LogP) is 2.97. The van der Waals surface area contributed by atoms with Gasteiger partial charge in [-0.05, 0) is 38.4 Å². The number of rotatable bonds is 5. The van der Waals surface area contributed by atoms with Gasteiger partial charge in [-0.15, -0.1) is 11.3 Å². The number of ether oxygens (including phenoxy) is 1. The second kappa shape index (κ2) is 6.91. The third-order valence-corrected chi connectivity index (χ3v) is 3.70. The number of aromatic nitrogens is 2. The van der Waals surface area contributed by atoms with Crippen LogP contribution in [0.4, 0.5) is 0 Å². The van der Waals surface area contributed by atoms with Crippen LogP contribution in [0.5, 0.6) is 0 Å². The van der Waals surface area contributed by atoms with Gasteiger partial charge in [-0.3, -0.25) is 4.99 Å². The SMILES string of the molecule is CC(C)(C)OC(=O)C(Cc1ccsn1)N=Cc1nccs1. The van der Waals surface area contributed by atoms with E-state index in [1.807, 2.05) is 37.6 Å². The van der Waals surface area contributed by atoms with Gasteiger partial charge in [0.15, 0.2) is 6.04 Å². The molecule has 0 amide bonds. The standard InChI is InChI=1S/C14H17N3O2S2/c1-14(2,3)19-13(18)11(8-10-4-6-21-17-10)16-9-12-15-5-7-20-12/h4-7,9,11H,8H2,1-3H3. The Hall–Kier alpha value is -1.60. The van der Waals surface area contributed by atoms with E-state index in [1.54, 1.807) is 12.4 Å². The fourth-order valence-corrected chi connectivity index (χ4v) is 2.61. The third-order valence-electron chi connectivity index (χ3n) is 2.39. The molecule has 0 saturated heterocycles. The number of nitrogens with zero attached hydrogens (tertiary/aromatic N) is 3. The Balaban J connectivity index is 2.11. The van der Waals surface area contributed by atoms with E-state index in [0.717, 1.165) is 10.7 Å².